The van der Waals surface area contributed by atoms with Gasteiger partial charge in [0.15, 0.2) is 23.4 Å². The average molecular weight is 829 g/mol. The van der Waals surface area contributed by atoms with Gasteiger partial charge >= 0.3 is 12.1 Å². The second-order valence-electron chi connectivity index (χ2n) is 19.5. The van der Waals surface area contributed by atoms with Crippen molar-refractivity contribution in [2.45, 2.75) is 135 Å². The molecule has 0 bridgehead atoms. The second-order valence-corrected chi connectivity index (χ2v) is 19.7. The first-order chi connectivity index (χ1) is 27.3. The van der Waals surface area contributed by atoms with Crippen LogP contribution in [0.3, 0.4) is 0 Å². The minimum absolute atomic E-state index is 0.0161. The molecular weight excluding hydrogens is 768 g/mol. The molecule has 0 aliphatic heterocycles. The number of hydrogen-bond donors (Lipinski definition) is 4. The van der Waals surface area contributed by atoms with E-state index in [-0.39, 0.29) is 78.0 Å². The summed E-state index contributed by atoms with van der Waals surface area (Å²) < 4.78 is 15.9. The van der Waals surface area contributed by atoms with Gasteiger partial charge in [0, 0.05) is 28.6 Å². The van der Waals surface area contributed by atoms with Crippen molar-refractivity contribution in [2.75, 3.05) is 19.3 Å². The van der Waals surface area contributed by atoms with E-state index in [0.29, 0.717) is 25.7 Å². The third-order valence-electron chi connectivity index (χ3n) is 17.3. The van der Waals surface area contributed by atoms with Gasteiger partial charge in [-0.05, 0) is 131 Å². The summed E-state index contributed by atoms with van der Waals surface area (Å²) in [5, 5.41) is 43.2. The van der Waals surface area contributed by atoms with E-state index in [1.807, 2.05) is 19.9 Å². The van der Waals surface area contributed by atoms with Crippen LogP contribution in [0.4, 0.5) is 4.79 Å². The summed E-state index contributed by atoms with van der Waals surface area (Å²) in [6, 6.07) is -0.354. The number of esters is 1. The molecule has 0 amide bonds. The van der Waals surface area contributed by atoms with Gasteiger partial charge in [-0.1, -0.05) is 56.5 Å². The van der Waals surface area contributed by atoms with Gasteiger partial charge in [0.05, 0.1) is 18.8 Å². The van der Waals surface area contributed by atoms with Crippen LogP contribution in [0.25, 0.3) is 0 Å². The molecule has 14 atom stereocenters. The minimum atomic E-state index is -1.57. The summed E-state index contributed by atoms with van der Waals surface area (Å²) >= 11 is 5.70. The SMILES string of the molecule is CCOC(=O)O[C@]1(C(=O)OCCl)CC[C@H]2[C@@H]3CCC4=CC(=O)C=C[C@]4(C)[C@H]3[C@@H](O)C[C@@]21C.C[C@]12CCC(=O)C=C1CC[C@@H]1[C@@H]2[C@@H](O)C[C@@]2(C)[C@H]1CC[C@]2(O)C(=O)CO. The summed E-state index contributed by atoms with van der Waals surface area (Å²) in [6.07, 6.45) is 12.0. The zero-order valence-corrected chi connectivity index (χ0v) is 35.2. The summed E-state index contributed by atoms with van der Waals surface area (Å²) in [5.74, 6) is -0.536. The lowest BCUT2D eigenvalue weighted by Crippen LogP contribution is -2.62. The molecule has 0 heterocycles. The molecule has 8 rings (SSSR count). The molecule has 13 heteroatoms. The lowest BCUT2D eigenvalue weighted by Gasteiger charge is -2.60. The van der Waals surface area contributed by atoms with Crippen molar-refractivity contribution in [3.63, 3.8) is 0 Å². The first-order valence-corrected chi connectivity index (χ1v) is 21.8. The Morgan fingerprint density at radius 2 is 1.43 bits per heavy atom. The van der Waals surface area contributed by atoms with Gasteiger partial charge in [0.1, 0.15) is 12.2 Å². The summed E-state index contributed by atoms with van der Waals surface area (Å²) in [4.78, 5) is 61.8. The maximum Gasteiger partial charge on any atom is 0.509 e. The zero-order chi connectivity index (χ0) is 42.2. The van der Waals surface area contributed by atoms with Crippen LogP contribution < -0.4 is 0 Å². The van der Waals surface area contributed by atoms with E-state index in [4.69, 9.17) is 25.8 Å². The Morgan fingerprint density at radius 1 is 0.810 bits per heavy atom. The fourth-order valence-electron chi connectivity index (χ4n) is 14.6. The molecule has 0 unspecified atom stereocenters. The number of carbonyl (C=O) groups is 5. The number of carbonyl (C=O) groups excluding carboxylic acids is 5. The van der Waals surface area contributed by atoms with Crippen LogP contribution in [0.15, 0.2) is 35.5 Å². The number of hydrogen-bond acceptors (Lipinski definition) is 12. The first-order valence-electron chi connectivity index (χ1n) is 21.3. The van der Waals surface area contributed by atoms with Gasteiger partial charge in [0.25, 0.3) is 0 Å². The lowest BCUT2D eigenvalue weighted by atomic mass is 9.45. The van der Waals surface area contributed by atoms with E-state index < -0.39 is 64.2 Å². The normalized spacial score (nSPS) is 46.0. The molecule has 8 aliphatic carbocycles. The molecule has 0 aromatic carbocycles. The fraction of sp³-hybridized carbons (Fsp3) is 0.756. The maximum atomic E-state index is 13.2. The fourth-order valence-corrected chi connectivity index (χ4v) is 14.7. The number of alkyl halides is 1. The first kappa shape index (κ1) is 43.2. The van der Waals surface area contributed by atoms with Crippen molar-refractivity contribution < 1.29 is 58.6 Å². The Balaban J connectivity index is 0.000000180. The maximum absolute atomic E-state index is 13.2. The predicted molar refractivity (Wildman–Crippen MR) is 211 cm³/mol. The van der Waals surface area contributed by atoms with Crippen LogP contribution in [0, 0.1) is 57.2 Å². The van der Waals surface area contributed by atoms with Crippen molar-refractivity contribution in [2.24, 2.45) is 57.2 Å². The summed E-state index contributed by atoms with van der Waals surface area (Å²) in [7, 11) is 0. The van der Waals surface area contributed by atoms with E-state index in [1.54, 1.807) is 25.2 Å². The number of aliphatic hydroxyl groups excluding tert-OH is 3. The Hall–Kier alpha value is -2.90. The largest absolute Gasteiger partial charge is 0.509 e. The summed E-state index contributed by atoms with van der Waals surface area (Å²) in [6.45, 7) is 9.23. The topological polar surface area (TPSA) is 194 Å². The van der Waals surface area contributed by atoms with E-state index in [2.05, 4.69) is 13.8 Å². The standard InChI is InChI=1S/C24H31ClO7.C21H30O5/c1-4-30-21(29)32-24(20(28)31-13-25)10-8-17-16-6-5-14-11-15(26)7-9-22(14,2)19(16)18(27)12-23(17,24)3;1-19-7-5-13(23)9-12(19)3-4-14-15-6-8-21(26,17(25)11-22)20(15,2)10-16(24)18(14)19/h7,9,11,16-19,27H,4-6,8,10,12-13H2,1-3H3;9,14-16,18,22,24,26H,3-8,10-11H2,1-2H3/t16-,17-,18-,19+,22-,23-,24-;14-,15-,16-,18+,19-,20-,21-/m00/s1. The number of aliphatic hydroxyl groups is 4. The third-order valence-corrected chi connectivity index (χ3v) is 17.4. The molecule has 320 valence electrons. The average Bonchev–Trinajstić information content (AvgIpc) is 3.61. The third kappa shape index (κ3) is 6.23. The number of allylic oxidation sites excluding steroid dienone is 5. The van der Waals surface area contributed by atoms with Crippen molar-refractivity contribution in [3.8, 4) is 0 Å². The van der Waals surface area contributed by atoms with Gasteiger partial charge in [-0.25, -0.2) is 9.59 Å². The second kappa shape index (κ2) is 15.2. The van der Waals surface area contributed by atoms with Gasteiger partial charge in [0.2, 0.25) is 5.60 Å². The molecule has 6 fully saturated rings. The monoisotopic (exact) mass is 828 g/mol. The van der Waals surface area contributed by atoms with Crippen LogP contribution in [-0.2, 0) is 33.4 Å². The van der Waals surface area contributed by atoms with Crippen molar-refractivity contribution >= 4 is 41.1 Å². The molecule has 0 spiro atoms. The molecule has 8 aliphatic rings. The molecule has 0 radical (unpaired) electrons. The van der Waals surface area contributed by atoms with Gasteiger partial charge in [-0.15, -0.1) is 0 Å². The Morgan fingerprint density at radius 3 is 2.10 bits per heavy atom. The number of Topliss-reactive ketones (excluding diaryl/α,β-unsaturated/α-hetero) is 1. The molecular formula is C45H61ClO12. The minimum Gasteiger partial charge on any atom is -0.446 e. The van der Waals surface area contributed by atoms with Crippen molar-refractivity contribution in [3.05, 3.63) is 35.5 Å². The quantitative estimate of drug-likeness (QED) is 0.189. The highest BCUT2D eigenvalue weighted by Crippen LogP contribution is 2.69. The van der Waals surface area contributed by atoms with E-state index in [9.17, 15) is 44.4 Å². The summed E-state index contributed by atoms with van der Waals surface area (Å²) in [5.41, 5.74) is -3.00. The van der Waals surface area contributed by atoms with Crippen molar-refractivity contribution in [1.29, 1.82) is 0 Å². The van der Waals surface area contributed by atoms with Crippen LogP contribution in [0.2, 0.25) is 0 Å². The van der Waals surface area contributed by atoms with Gasteiger partial charge < -0.3 is 34.6 Å². The van der Waals surface area contributed by atoms with Crippen LogP contribution in [-0.4, -0.2) is 92.6 Å². The van der Waals surface area contributed by atoms with E-state index in [0.717, 1.165) is 44.1 Å². The number of ether oxygens (including phenoxy) is 3. The lowest BCUT2D eigenvalue weighted by molar-refractivity contribution is -0.199. The Labute approximate surface area is 345 Å². The van der Waals surface area contributed by atoms with Gasteiger partial charge in [-0.3, -0.25) is 14.4 Å². The Bertz CT molecular complexity index is 1820. The molecule has 12 nitrogen and oxygen atoms in total. The highest BCUT2D eigenvalue weighted by Gasteiger charge is 2.72. The van der Waals surface area contributed by atoms with Crippen molar-refractivity contribution in [1.82, 2.24) is 0 Å². The predicted octanol–water partition coefficient (Wildman–Crippen LogP) is 5.70. The number of ketones is 3. The number of rotatable bonds is 6. The highest BCUT2D eigenvalue weighted by molar-refractivity contribution is 6.17. The molecule has 0 saturated heterocycles. The molecule has 0 aromatic heterocycles. The van der Waals surface area contributed by atoms with Crippen LogP contribution >= 0.6 is 11.6 Å². The van der Waals surface area contributed by atoms with E-state index in [1.165, 1.54) is 5.57 Å². The Kier molecular flexibility index (Phi) is 11.3. The molecule has 58 heavy (non-hydrogen) atoms. The van der Waals surface area contributed by atoms with Crippen LogP contribution in [0.1, 0.15) is 112 Å². The molecule has 6 saturated carbocycles. The highest BCUT2D eigenvalue weighted by atomic mass is 35.5. The molecule has 0 aromatic rings. The number of fused-ring (bicyclic) bond motifs is 10. The zero-order valence-electron chi connectivity index (χ0n) is 34.5. The van der Waals surface area contributed by atoms with Gasteiger partial charge in [-0.2, -0.15) is 0 Å². The van der Waals surface area contributed by atoms with E-state index >= 15 is 0 Å². The molecule has 4 N–H and O–H groups in total. The van der Waals surface area contributed by atoms with Crippen LogP contribution in [0.5, 0.6) is 0 Å². The number of halogens is 1. The smallest absolute Gasteiger partial charge is 0.446 e.